The maximum atomic E-state index is 5.61. The van der Waals surface area contributed by atoms with E-state index in [1.807, 2.05) is 6.07 Å². The van der Waals surface area contributed by atoms with E-state index in [0.717, 1.165) is 23.7 Å². The molecule has 0 bridgehead atoms. The van der Waals surface area contributed by atoms with Crippen molar-refractivity contribution in [3.63, 3.8) is 0 Å². The molecule has 0 atom stereocenters. The molecule has 0 saturated carbocycles. The van der Waals surface area contributed by atoms with E-state index in [2.05, 4.69) is 39.8 Å². The normalized spacial score (nSPS) is 11.5. The van der Waals surface area contributed by atoms with Gasteiger partial charge in [-0.2, -0.15) is 0 Å². The Labute approximate surface area is 111 Å². The van der Waals surface area contributed by atoms with Gasteiger partial charge >= 0.3 is 0 Å². The first-order chi connectivity index (χ1) is 8.01. The predicted octanol–water partition coefficient (Wildman–Crippen LogP) is 5.11. The molecule has 1 aromatic rings. The van der Waals surface area contributed by atoms with Gasteiger partial charge in [0.15, 0.2) is 0 Å². The quantitative estimate of drug-likeness (QED) is 0.682. The van der Waals surface area contributed by atoms with Crippen LogP contribution in [-0.4, -0.2) is 6.61 Å². The fourth-order valence-corrected chi connectivity index (χ4v) is 2.28. The summed E-state index contributed by atoms with van der Waals surface area (Å²) in [7, 11) is 0. The zero-order valence-corrected chi connectivity index (χ0v) is 12.2. The molecule has 0 aliphatic carbocycles. The van der Waals surface area contributed by atoms with E-state index in [0.29, 0.717) is 0 Å². The van der Waals surface area contributed by atoms with E-state index >= 15 is 0 Å². The molecule has 0 heterocycles. The first kappa shape index (κ1) is 14.3. The van der Waals surface area contributed by atoms with Crippen LogP contribution in [0.4, 0.5) is 0 Å². The highest BCUT2D eigenvalue weighted by Crippen LogP contribution is 2.33. The van der Waals surface area contributed by atoms with Gasteiger partial charge in [-0.1, -0.05) is 52.8 Å². The molecule has 17 heavy (non-hydrogen) atoms. The van der Waals surface area contributed by atoms with Crippen molar-refractivity contribution >= 4 is 12.6 Å². The van der Waals surface area contributed by atoms with Crippen molar-refractivity contribution in [3.05, 3.63) is 23.8 Å². The van der Waals surface area contributed by atoms with Gasteiger partial charge < -0.3 is 4.74 Å². The van der Waals surface area contributed by atoms with E-state index < -0.39 is 0 Å². The van der Waals surface area contributed by atoms with E-state index in [1.54, 1.807) is 0 Å². The molecule has 1 aromatic carbocycles. The van der Waals surface area contributed by atoms with Crippen molar-refractivity contribution in [2.75, 3.05) is 6.61 Å². The van der Waals surface area contributed by atoms with Crippen LogP contribution in [-0.2, 0) is 5.41 Å². The fraction of sp³-hybridized carbons (Fsp3) is 0.600. The fourth-order valence-electron chi connectivity index (χ4n) is 2.03. The summed E-state index contributed by atoms with van der Waals surface area (Å²) in [5.74, 6) is 0.845. The molecule has 1 rings (SSSR count). The predicted molar refractivity (Wildman–Crippen MR) is 76.0 cm³/mol. The number of hydrogen-bond donors (Lipinski definition) is 0. The lowest BCUT2D eigenvalue weighted by molar-refractivity contribution is 0.310. The van der Waals surface area contributed by atoms with Crippen LogP contribution in [0.25, 0.3) is 0 Å². The molecule has 0 fully saturated rings. The minimum Gasteiger partial charge on any atom is -0.492 e. The topological polar surface area (TPSA) is 9.23 Å². The van der Waals surface area contributed by atoms with Gasteiger partial charge in [0.25, 0.3) is 0 Å². The maximum absolute atomic E-state index is 5.61. The summed E-state index contributed by atoms with van der Waals surface area (Å²) in [5, 5.41) is 0. The zero-order valence-electron chi connectivity index (χ0n) is 11.4. The Balaban J connectivity index is 2.88. The molecule has 95 valence electrons. The van der Waals surface area contributed by atoms with Crippen LogP contribution in [0.5, 0.6) is 5.75 Å². The number of benzene rings is 1. The number of ether oxygens (including phenoxy) is 1. The second-order valence-electron chi connectivity index (χ2n) is 5.14. The number of hydrogen-bond acceptors (Lipinski definition) is 1. The lowest BCUT2D eigenvalue weighted by atomic mass is 9.81. The van der Waals surface area contributed by atoms with Crippen LogP contribution in [0.3, 0.4) is 0 Å². The van der Waals surface area contributed by atoms with Gasteiger partial charge in [-0.05, 0) is 36.0 Å². The summed E-state index contributed by atoms with van der Waals surface area (Å²) in [6, 6.07) is 6.26. The average Bonchev–Trinajstić information content (AvgIpc) is 2.27. The highest BCUT2D eigenvalue weighted by Gasteiger charge is 2.20. The molecule has 0 spiro atoms. The average molecular weight is 251 g/mol. The second-order valence-corrected chi connectivity index (χ2v) is 5.58. The highest BCUT2D eigenvalue weighted by molar-refractivity contribution is 7.80. The Morgan fingerprint density at radius 3 is 2.41 bits per heavy atom. The highest BCUT2D eigenvalue weighted by atomic mass is 32.1. The molecule has 0 saturated heterocycles. The Morgan fingerprint density at radius 2 is 1.88 bits per heavy atom. The summed E-state index contributed by atoms with van der Waals surface area (Å²) in [6.07, 6.45) is 3.38. The van der Waals surface area contributed by atoms with Crippen molar-refractivity contribution in [1.29, 1.82) is 0 Å². The molecule has 1 nitrogen and oxygen atoms in total. The van der Waals surface area contributed by atoms with Gasteiger partial charge in [-0.15, -0.1) is 0 Å². The van der Waals surface area contributed by atoms with Gasteiger partial charge in [-0.3, -0.25) is 0 Å². The van der Waals surface area contributed by atoms with E-state index in [9.17, 15) is 0 Å². The van der Waals surface area contributed by atoms with Crippen molar-refractivity contribution in [2.24, 2.45) is 0 Å². The first-order valence-electron chi connectivity index (χ1n) is 6.45. The summed E-state index contributed by atoms with van der Waals surface area (Å²) < 4.78 is 5.61. The lowest BCUT2D eigenvalue weighted by Gasteiger charge is -2.25. The van der Waals surface area contributed by atoms with Gasteiger partial charge in [0, 0.05) is 0 Å². The minimum absolute atomic E-state index is 0.200. The van der Waals surface area contributed by atoms with Crippen LogP contribution < -0.4 is 4.74 Å². The summed E-state index contributed by atoms with van der Waals surface area (Å²) >= 11 is 5.38. The van der Waals surface area contributed by atoms with Crippen LogP contribution >= 0.6 is 12.6 Å². The van der Waals surface area contributed by atoms with Gasteiger partial charge in [0.1, 0.15) is 5.75 Å². The molecule has 0 aliphatic rings. The Hall–Kier alpha value is -0.760. The van der Waals surface area contributed by atoms with Crippen LogP contribution in [0.15, 0.2) is 23.1 Å². The van der Waals surface area contributed by atoms with Crippen molar-refractivity contribution in [2.45, 2.75) is 57.3 Å². The smallest absolute Gasteiger partial charge is 0.137 e. The van der Waals surface area contributed by atoms with E-state index in [4.69, 9.17) is 17.4 Å². The van der Waals surface area contributed by atoms with Crippen LogP contribution in [0, 0.1) is 0 Å². The van der Waals surface area contributed by atoms with Crippen LogP contribution in [0.1, 0.15) is 52.5 Å². The van der Waals surface area contributed by atoms with Crippen molar-refractivity contribution in [3.8, 4) is 5.75 Å². The molecule has 0 N–H and O–H groups in total. The number of rotatable bonds is 6. The van der Waals surface area contributed by atoms with Gasteiger partial charge in [0.2, 0.25) is 0 Å². The summed E-state index contributed by atoms with van der Waals surface area (Å²) in [6.45, 7) is 9.60. The van der Waals surface area contributed by atoms with Crippen molar-refractivity contribution in [1.82, 2.24) is 0 Å². The summed E-state index contributed by atoms with van der Waals surface area (Å²) in [4.78, 5) is 0.833. The molecule has 0 amide bonds. The molecule has 0 aliphatic heterocycles. The lowest BCUT2D eigenvalue weighted by Crippen LogP contribution is -2.16. The maximum Gasteiger partial charge on any atom is 0.137 e. The SMILES string of the molecule is CCCOc1ccc(C(C)(C)CCC)cc1[S]. The third kappa shape index (κ3) is 3.88. The molecular formula is C15H23OS. The molecule has 2 heteroatoms. The van der Waals surface area contributed by atoms with Gasteiger partial charge in [0.05, 0.1) is 11.5 Å². The Kier molecular flexibility index (Phi) is 5.26. The van der Waals surface area contributed by atoms with E-state index in [-0.39, 0.29) is 5.41 Å². The zero-order chi connectivity index (χ0) is 12.9. The summed E-state index contributed by atoms with van der Waals surface area (Å²) in [5.41, 5.74) is 1.51. The van der Waals surface area contributed by atoms with E-state index in [1.165, 1.54) is 18.4 Å². The molecule has 1 radical (unpaired) electrons. The third-order valence-corrected chi connectivity index (χ3v) is 3.38. The Bertz CT molecular complexity index is 358. The molecule has 0 unspecified atom stereocenters. The molecule has 0 aromatic heterocycles. The standard InChI is InChI=1S/C15H23OS/c1-5-9-15(3,4)12-7-8-13(14(17)11-12)16-10-6-2/h7-8,11H,5-6,9-10H2,1-4H3. The minimum atomic E-state index is 0.200. The second kappa shape index (κ2) is 6.25. The van der Waals surface area contributed by atoms with Crippen molar-refractivity contribution < 1.29 is 4.74 Å². The first-order valence-corrected chi connectivity index (χ1v) is 6.86. The van der Waals surface area contributed by atoms with Crippen LogP contribution in [0.2, 0.25) is 0 Å². The molecular weight excluding hydrogens is 228 g/mol. The van der Waals surface area contributed by atoms with Gasteiger partial charge in [-0.25, -0.2) is 0 Å². The monoisotopic (exact) mass is 251 g/mol. The largest absolute Gasteiger partial charge is 0.492 e. The Morgan fingerprint density at radius 1 is 1.18 bits per heavy atom. The third-order valence-electron chi connectivity index (χ3n) is 3.06.